The Morgan fingerprint density at radius 3 is 1.15 bits per heavy atom. The van der Waals surface area contributed by atoms with Gasteiger partial charge in [0.2, 0.25) is 17.2 Å². The lowest BCUT2D eigenvalue weighted by atomic mass is 9.83. The van der Waals surface area contributed by atoms with Crippen molar-refractivity contribution in [3.05, 3.63) is 115 Å². The zero-order valence-corrected chi connectivity index (χ0v) is 21.7. The van der Waals surface area contributed by atoms with Crippen LogP contribution in [-0.4, -0.2) is 25.5 Å². The van der Waals surface area contributed by atoms with Gasteiger partial charge in [0.15, 0.2) is 11.5 Å². The van der Waals surface area contributed by atoms with Gasteiger partial charge in [-0.05, 0) is 54.6 Å². The maximum Gasteiger partial charge on any atom is 0.208 e. The van der Waals surface area contributed by atoms with E-state index < -0.39 is 28.7 Å². The van der Waals surface area contributed by atoms with Gasteiger partial charge in [-0.3, -0.25) is 0 Å². The molecular weight excluding hydrogens is 512 g/mol. The molecule has 0 fully saturated rings. The summed E-state index contributed by atoms with van der Waals surface area (Å²) in [5.41, 5.74) is 4.50. The molecule has 7 aromatic rings. The Kier molecular flexibility index (Phi) is 5.47. The minimum Gasteiger partial charge on any atom is -0.504 e. The van der Waals surface area contributed by atoms with Crippen LogP contribution in [0.4, 0.5) is 0 Å². The van der Waals surface area contributed by atoms with Gasteiger partial charge in [0.25, 0.3) is 0 Å². The molecule has 5 nitrogen and oxygen atoms in total. The van der Waals surface area contributed by atoms with E-state index in [0.29, 0.717) is 16.3 Å². The fourth-order valence-corrected chi connectivity index (χ4v) is 6.00. The summed E-state index contributed by atoms with van der Waals surface area (Å²) >= 11 is 0. The molecule has 7 aromatic carbocycles. The first-order valence-corrected chi connectivity index (χ1v) is 13.2. The first kappa shape index (κ1) is 24.4. The molecule has 0 bridgehead atoms. The Morgan fingerprint density at radius 2 is 0.634 bits per heavy atom. The fourth-order valence-electron chi connectivity index (χ4n) is 6.00. The van der Waals surface area contributed by atoms with E-state index >= 15 is 0 Å². The van der Waals surface area contributed by atoms with Crippen LogP contribution in [0.15, 0.2) is 115 Å². The molecule has 0 aromatic heterocycles. The summed E-state index contributed by atoms with van der Waals surface area (Å²) in [6, 6.07) is 38.1. The molecule has 41 heavy (non-hydrogen) atoms. The molecule has 0 saturated carbocycles. The molecule has 5 N–H and O–H groups in total. The molecule has 0 radical (unpaired) electrons. The Balaban J connectivity index is 1.64. The quantitative estimate of drug-likeness (QED) is 0.0884. The van der Waals surface area contributed by atoms with Crippen molar-refractivity contribution in [3.8, 4) is 62.1 Å². The molecule has 0 heterocycles. The summed E-state index contributed by atoms with van der Waals surface area (Å²) in [5, 5.41) is 58.0. The highest BCUT2D eigenvalue weighted by molar-refractivity contribution is 6.25. The number of phenols is 5. The maximum absolute atomic E-state index is 10.9. The van der Waals surface area contributed by atoms with Crippen molar-refractivity contribution in [1.82, 2.24) is 0 Å². The molecule has 0 aliphatic heterocycles. The lowest BCUT2D eigenvalue weighted by Gasteiger charge is -2.21. The highest BCUT2D eigenvalue weighted by Gasteiger charge is 2.28. The minimum atomic E-state index is -0.987. The summed E-state index contributed by atoms with van der Waals surface area (Å²) < 4.78 is 0. The third-order valence-electron chi connectivity index (χ3n) is 7.83. The van der Waals surface area contributed by atoms with Gasteiger partial charge in [-0.25, -0.2) is 0 Å². The van der Waals surface area contributed by atoms with Crippen molar-refractivity contribution >= 4 is 32.3 Å². The van der Waals surface area contributed by atoms with Crippen LogP contribution in [0.25, 0.3) is 65.7 Å². The lowest BCUT2D eigenvalue weighted by Crippen LogP contribution is -1.93. The van der Waals surface area contributed by atoms with Crippen LogP contribution in [0.5, 0.6) is 28.7 Å². The number of benzene rings is 7. The van der Waals surface area contributed by atoms with Gasteiger partial charge in [-0.2, -0.15) is 0 Å². The monoisotopic (exact) mass is 536 g/mol. The van der Waals surface area contributed by atoms with E-state index in [1.165, 1.54) is 0 Å². The van der Waals surface area contributed by atoms with Gasteiger partial charge < -0.3 is 25.5 Å². The van der Waals surface area contributed by atoms with Gasteiger partial charge in [0.05, 0.1) is 5.56 Å². The topological polar surface area (TPSA) is 101 Å². The molecule has 0 atom stereocenters. The summed E-state index contributed by atoms with van der Waals surface area (Å²) in [7, 11) is 0. The minimum absolute atomic E-state index is 0.166. The van der Waals surface area contributed by atoms with Crippen LogP contribution >= 0.6 is 0 Å². The second-order valence-corrected chi connectivity index (χ2v) is 10.0. The third kappa shape index (κ3) is 3.56. The number of aromatic hydroxyl groups is 5. The Bertz CT molecular complexity index is 2060. The van der Waals surface area contributed by atoms with Crippen molar-refractivity contribution < 1.29 is 25.5 Å². The first-order valence-electron chi connectivity index (χ1n) is 13.2. The van der Waals surface area contributed by atoms with Crippen molar-refractivity contribution in [1.29, 1.82) is 0 Å². The SMILES string of the molecule is Oc1c(O)c(O)c(-c2c3ccccc3c(-c3ccc(-c4ccccc4)c4ccccc34)c3ccccc23)c(O)c1O. The average molecular weight is 537 g/mol. The molecule has 198 valence electrons. The molecule has 0 saturated heterocycles. The third-order valence-corrected chi connectivity index (χ3v) is 7.83. The first-order chi connectivity index (χ1) is 20.0. The number of rotatable bonds is 3. The number of hydrogen-bond donors (Lipinski definition) is 5. The van der Waals surface area contributed by atoms with E-state index in [-0.39, 0.29) is 5.56 Å². The number of fused-ring (bicyclic) bond motifs is 3. The Morgan fingerprint density at radius 1 is 0.268 bits per heavy atom. The van der Waals surface area contributed by atoms with Crippen molar-refractivity contribution in [3.63, 3.8) is 0 Å². The van der Waals surface area contributed by atoms with Crippen LogP contribution in [0.2, 0.25) is 0 Å². The zero-order chi connectivity index (χ0) is 28.2. The van der Waals surface area contributed by atoms with Gasteiger partial charge in [0, 0.05) is 5.56 Å². The number of hydrogen-bond acceptors (Lipinski definition) is 5. The van der Waals surface area contributed by atoms with Crippen LogP contribution in [0.1, 0.15) is 0 Å². The smallest absolute Gasteiger partial charge is 0.208 e. The van der Waals surface area contributed by atoms with Gasteiger partial charge in [-0.1, -0.05) is 115 Å². The standard InChI is InChI=1S/C36H24O5/c37-32-31(33(38)35(40)36(41)34(32)39)30-26-16-8-6-14-24(26)29(25-15-7-9-17-27(25)30)28-19-18-21(20-10-2-1-3-11-20)22-12-4-5-13-23(22)28/h1-19,37-41H. The van der Waals surface area contributed by atoms with Crippen LogP contribution in [0, 0.1) is 0 Å². The molecular formula is C36H24O5. The molecule has 0 aliphatic rings. The van der Waals surface area contributed by atoms with E-state index in [1.54, 1.807) is 0 Å². The Hall–Kier alpha value is -5.68. The normalized spacial score (nSPS) is 11.4. The van der Waals surface area contributed by atoms with E-state index in [4.69, 9.17) is 0 Å². The van der Waals surface area contributed by atoms with Crippen LogP contribution < -0.4 is 0 Å². The van der Waals surface area contributed by atoms with Gasteiger partial charge in [0.1, 0.15) is 0 Å². The molecule has 0 spiro atoms. The maximum atomic E-state index is 10.9. The number of phenolic OH excluding ortho intramolecular Hbond substituents is 5. The molecule has 0 unspecified atom stereocenters. The summed E-state index contributed by atoms with van der Waals surface area (Å²) in [6.45, 7) is 0. The molecule has 7 rings (SSSR count). The van der Waals surface area contributed by atoms with Crippen LogP contribution in [0.3, 0.4) is 0 Å². The van der Waals surface area contributed by atoms with Gasteiger partial charge in [-0.15, -0.1) is 0 Å². The summed E-state index contributed by atoms with van der Waals surface area (Å²) in [4.78, 5) is 0. The molecule has 0 amide bonds. The predicted molar refractivity (Wildman–Crippen MR) is 164 cm³/mol. The highest BCUT2D eigenvalue weighted by atomic mass is 16.4. The zero-order valence-electron chi connectivity index (χ0n) is 21.7. The van der Waals surface area contributed by atoms with E-state index in [9.17, 15) is 25.5 Å². The Labute approximate surface area is 235 Å². The summed E-state index contributed by atoms with van der Waals surface area (Å²) in [5.74, 6) is -4.25. The van der Waals surface area contributed by atoms with E-state index in [0.717, 1.165) is 43.8 Å². The van der Waals surface area contributed by atoms with Crippen molar-refractivity contribution in [2.75, 3.05) is 0 Å². The van der Waals surface area contributed by atoms with Crippen LogP contribution in [-0.2, 0) is 0 Å². The van der Waals surface area contributed by atoms with Gasteiger partial charge >= 0.3 is 0 Å². The highest BCUT2D eigenvalue weighted by Crippen LogP contribution is 2.58. The van der Waals surface area contributed by atoms with E-state index in [1.807, 2.05) is 78.9 Å². The van der Waals surface area contributed by atoms with E-state index in [2.05, 4.69) is 36.4 Å². The molecule has 0 aliphatic carbocycles. The average Bonchev–Trinajstić information content (AvgIpc) is 3.02. The van der Waals surface area contributed by atoms with Crippen molar-refractivity contribution in [2.24, 2.45) is 0 Å². The predicted octanol–water partition coefficient (Wildman–Crippen LogP) is 8.68. The summed E-state index contributed by atoms with van der Waals surface area (Å²) in [6.07, 6.45) is 0. The second-order valence-electron chi connectivity index (χ2n) is 10.0. The fraction of sp³-hybridized carbons (Fsp3) is 0. The van der Waals surface area contributed by atoms with Crippen molar-refractivity contribution in [2.45, 2.75) is 0 Å². The molecule has 5 heteroatoms. The largest absolute Gasteiger partial charge is 0.504 e. The second kappa shape index (κ2) is 9.21. The lowest BCUT2D eigenvalue weighted by molar-refractivity contribution is 0.330.